The molecule has 3 heterocycles. The van der Waals surface area contributed by atoms with Crippen LogP contribution in [0.2, 0.25) is 0 Å². The second kappa shape index (κ2) is 12.3. The summed E-state index contributed by atoms with van der Waals surface area (Å²) in [4.78, 5) is 30.1. The number of hydrogen-bond donors (Lipinski definition) is 2. The van der Waals surface area contributed by atoms with Crippen molar-refractivity contribution < 1.29 is 4.79 Å². The number of hydrogen-bond acceptors (Lipinski definition) is 5. The second-order valence-electron chi connectivity index (χ2n) is 6.86. The molecule has 2 N–H and O–H groups in total. The molecule has 8 nitrogen and oxygen atoms in total. The number of nitrogens with one attached hydrogen (secondary N) is 2. The molecule has 0 bridgehead atoms. The molecule has 0 saturated carbocycles. The molecule has 1 fully saturated rings. The van der Waals surface area contributed by atoms with E-state index in [4.69, 9.17) is 0 Å². The number of carbonyl (C=O) groups excluding carboxylic acids is 1. The van der Waals surface area contributed by atoms with E-state index in [-0.39, 0.29) is 29.9 Å². The molecule has 0 aromatic carbocycles. The first-order valence-electron chi connectivity index (χ1n) is 10.1. The second-order valence-corrected chi connectivity index (χ2v) is 6.86. The summed E-state index contributed by atoms with van der Waals surface area (Å²) in [6, 6.07) is 11.6. The van der Waals surface area contributed by atoms with Gasteiger partial charge in [-0.05, 0) is 38.1 Å². The lowest BCUT2D eigenvalue weighted by Crippen LogP contribution is -2.52. The molecule has 2 aromatic heterocycles. The normalized spacial score (nSPS) is 14.1. The van der Waals surface area contributed by atoms with Crippen LogP contribution < -0.4 is 15.5 Å². The summed E-state index contributed by atoms with van der Waals surface area (Å²) in [5, 5.41) is 6.16. The quantitative estimate of drug-likeness (QED) is 0.344. The zero-order valence-electron chi connectivity index (χ0n) is 17.5. The number of nitrogens with zero attached hydrogens (tertiary/aromatic N) is 5. The summed E-state index contributed by atoms with van der Waals surface area (Å²) < 4.78 is 0. The van der Waals surface area contributed by atoms with Crippen molar-refractivity contribution in [3.8, 4) is 0 Å². The van der Waals surface area contributed by atoms with Crippen molar-refractivity contribution in [2.24, 2.45) is 4.99 Å². The zero-order valence-corrected chi connectivity index (χ0v) is 19.9. The van der Waals surface area contributed by atoms with Gasteiger partial charge in [-0.3, -0.25) is 9.79 Å². The highest BCUT2D eigenvalue weighted by atomic mass is 127. The summed E-state index contributed by atoms with van der Waals surface area (Å²) in [6.45, 7) is 8.68. The number of aryl methyl sites for hydroxylation is 1. The minimum Gasteiger partial charge on any atom is -0.357 e. The number of carbonyl (C=O) groups is 1. The molecule has 3 rings (SSSR count). The Balaban J connectivity index is 0.00000320. The molecule has 2 aromatic rings. The molecular weight excluding hydrogens is 493 g/mol. The van der Waals surface area contributed by atoms with Gasteiger partial charge >= 0.3 is 0 Å². The van der Waals surface area contributed by atoms with E-state index in [0.717, 1.165) is 50.2 Å². The van der Waals surface area contributed by atoms with Crippen molar-refractivity contribution in [1.29, 1.82) is 0 Å². The van der Waals surface area contributed by atoms with E-state index >= 15 is 0 Å². The average molecular weight is 523 g/mol. The van der Waals surface area contributed by atoms with Crippen LogP contribution in [0.5, 0.6) is 0 Å². The minimum absolute atomic E-state index is 0. The van der Waals surface area contributed by atoms with Gasteiger partial charge < -0.3 is 20.4 Å². The van der Waals surface area contributed by atoms with Crippen molar-refractivity contribution in [2.45, 2.75) is 20.3 Å². The highest BCUT2D eigenvalue weighted by Gasteiger charge is 2.20. The standard InChI is InChI=1S/C21H29N7O.HI/c1-3-22-21(24-12-10-20(29)26-18-8-6-7-17(2)25-18)28-15-13-27(14-16-28)19-9-4-5-11-23-19;/h4-9,11H,3,10,12-16H2,1-2H3,(H,22,24)(H,25,26,29);1H. The molecule has 1 saturated heterocycles. The fourth-order valence-corrected chi connectivity index (χ4v) is 3.20. The molecule has 0 radical (unpaired) electrons. The molecule has 0 atom stereocenters. The fraction of sp³-hybridized carbons (Fsp3) is 0.429. The van der Waals surface area contributed by atoms with Crippen LogP contribution in [-0.2, 0) is 4.79 Å². The number of aromatic nitrogens is 2. The van der Waals surface area contributed by atoms with Gasteiger partial charge in [0.1, 0.15) is 11.6 Å². The first-order chi connectivity index (χ1) is 14.2. The van der Waals surface area contributed by atoms with Crippen molar-refractivity contribution in [1.82, 2.24) is 20.2 Å². The first kappa shape index (κ1) is 23.8. The Morgan fingerprint density at radius 1 is 1.13 bits per heavy atom. The average Bonchev–Trinajstić information content (AvgIpc) is 2.74. The maximum absolute atomic E-state index is 12.2. The van der Waals surface area contributed by atoms with Gasteiger partial charge in [0.25, 0.3) is 0 Å². The summed E-state index contributed by atoms with van der Waals surface area (Å²) in [6.07, 6.45) is 2.14. The molecule has 0 unspecified atom stereocenters. The number of amides is 1. The van der Waals surface area contributed by atoms with E-state index in [1.165, 1.54) is 0 Å². The topological polar surface area (TPSA) is 85.7 Å². The van der Waals surface area contributed by atoms with E-state index in [1.54, 1.807) is 6.07 Å². The lowest BCUT2D eigenvalue weighted by Gasteiger charge is -2.37. The predicted octanol–water partition coefficient (Wildman–Crippen LogP) is 2.52. The molecule has 30 heavy (non-hydrogen) atoms. The van der Waals surface area contributed by atoms with Crippen LogP contribution in [0.3, 0.4) is 0 Å². The van der Waals surface area contributed by atoms with Crippen molar-refractivity contribution in [2.75, 3.05) is 49.5 Å². The van der Waals surface area contributed by atoms with Crippen LogP contribution in [0.25, 0.3) is 0 Å². The molecule has 162 valence electrons. The van der Waals surface area contributed by atoms with Gasteiger partial charge in [-0.1, -0.05) is 12.1 Å². The highest BCUT2D eigenvalue weighted by molar-refractivity contribution is 14.0. The van der Waals surface area contributed by atoms with Crippen LogP contribution in [0.1, 0.15) is 19.0 Å². The third-order valence-corrected chi connectivity index (χ3v) is 4.64. The number of aliphatic imine (C=N–C) groups is 1. The predicted molar refractivity (Wildman–Crippen MR) is 132 cm³/mol. The Morgan fingerprint density at radius 2 is 1.93 bits per heavy atom. The van der Waals surface area contributed by atoms with Crippen LogP contribution in [0.4, 0.5) is 11.6 Å². The molecular formula is C21H30IN7O. The summed E-state index contributed by atoms with van der Waals surface area (Å²) in [5.74, 6) is 2.37. The van der Waals surface area contributed by atoms with Crippen molar-refractivity contribution in [3.05, 3.63) is 48.3 Å². The van der Waals surface area contributed by atoms with E-state index < -0.39 is 0 Å². The van der Waals surface area contributed by atoms with Gasteiger partial charge in [-0.2, -0.15) is 0 Å². The van der Waals surface area contributed by atoms with Crippen molar-refractivity contribution in [3.63, 3.8) is 0 Å². The number of anilines is 2. The monoisotopic (exact) mass is 523 g/mol. The van der Waals surface area contributed by atoms with E-state index in [1.807, 2.05) is 43.5 Å². The summed E-state index contributed by atoms with van der Waals surface area (Å²) in [5.41, 5.74) is 0.875. The van der Waals surface area contributed by atoms with Crippen LogP contribution in [0, 0.1) is 6.92 Å². The van der Waals surface area contributed by atoms with E-state index in [0.29, 0.717) is 18.8 Å². The Hall–Kier alpha value is -2.43. The van der Waals surface area contributed by atoms with Gasteiger partial charge in [0.2, 0.25) is 5.91 Å². The molecule has 1 aliphatic rings. The maximum Gasteiger partial charge on any atom is 0.227 e. The first-order valence-corrected chi connectivity index (χ1v) is 10.1. The molecule has 9 heteroatoms. The smallest absolute Gasteiger partial charge is 0.227 e. The lowest BCUT2D eigenvalue weighted by atomic mass is 10.3. The fourth-order valence-electron chi connectivity index (χ4n) is 3.20. The van der Waals surface area contributed by atoms with E-state index in [2.05, 4.69) is 42.3 Å². The minimum atomic E-state index is -0.0809. The van der Waals surface area contributed by atoms with Gasteiger partial charge in [-0.15, -0.1) is 24.0 Å². The number of rotatable bonds is 6. The zero-order chi connectivity index (χ0) is 20.5. The third kappa shape index (κ3) is 7.12. The Labute approximate surface area is 195 Å². The molecule has 1 amide bonds. The molecule has 0 aliphatic carbocycles. The maximum atomic E-state index is 12.2. The summed E-state index contributed by atoms with van der Waals surface area (Å²) >= 11 is 0. The number of pyridine rings is 2. The van der Waals surface area contributed by atoms with Crippen molar-refractivity contribution >= 4 is 47.5 Å². The third-order valence-electron chi connectivity index (χ3n) is 4.64. The van der Waals surface area contributed by atoms with Gasteiger partial charge in [0.15, 0.2) is 5.96 Å². The lowest BCUT2D eigenvalue weighted by molar-refractivity contribution is -0.116. The Bertz CT molecular complexity index is 823. The van der Waals surface area contributed by atoms with E-state index in [9.17, 15) is 4.79 Å². The molecule has 0 spiro atoms. The summed E-state index contributed by atoms with van der Waals surface area (Å²) in [7, 11) is 0. The van der Waals surface area contributed by atoms with Crippen LogP contribution >= 0.6 is 24.0 Å². The molecule has 1 aliphatic heterocycles. The number of halogens is 1. The van der Waals surface area contributed by atoms with Gasteiger partial charge in [0.05, 0.1) is 6.54 Å². The Morgan fingerprint density at radius 3 is 2.60 bits per heavy atom. The number of guanidine groups is 1. The van der Waals surface area contributed by atoms with Crippen LogP contribution in [-0.4, -0.2) is 66.0 Å². The SMILES string of the molecule is CCNC(=NCCC(=O)Nc1cccc(C)n1)N1CCN(c2ccccn2)CC1.I. The largest absolute Gasteiger partial charge is 0.357 e. The highest BCUT2D eigenvalue weighted by Crippen LogP contribution is 2.12. The van der Waals surface area contributed by atoms with Gasteiger partial charge in [-0.25, -0.2) is 9.97 Å². The van der Waals surface area contributed by atoms with Crippen LogP contribution in [0.15, 0.2) is 47.6 Å². The van der Waals surface area contributed by atoms with Gasteiger partial charge in [0, 0.05) is 51.0 Å². The Kier molecular flexibility index (Phi) is 9.78. The number of piperazine rings is 1.